The summed E-state index contributed by atoms with van der Waals surface area (Å²) >= 11 is 1.47. The molecule has 0 aliphatic rings. The lowest BCUT2D eigenvalue weighted by Gasteiger charge is -1.96. The van der Waals surface area contributed by atoms with Gasteiger partial charge in [-0.3, -0.25) is 10.4 Å². The van der Waals surface area contributed by atoms with Crippen molar-refractivity contribution in [1.29, 1.82) is 5.41 Å². The van der Waals surface area contributed by atoms with Crippen LogP contribution in [0.2, 0.25) is 0 Å². The maximum absolute atomic E-state index is 7.57. The zero-order chi connectivity index (χ0) is 12.3. The van der Waals surface area contributed by atoms with Gasteiger partial charge in [-0.1, -0.05) is 13.3 Å². The smallest absolute Gasteiger partial charge is 0.135 e. The average Bonchev–Trinajstić information content (AvgIpc) is 2.75. The van der Waals surface area contributed by atoms with Crippen LogP contribution in [0.15, 0.2) is 24.5 Å². The van der Waals surface area contributed by atoms with E-state index in [4.69, 9.17) is 11.1 Å². The number of nitrogens with two attached hydrogens (primary N) is 1. The molecule has 2 heterocycles. The second kappa shape index (κ2) is 5.05. The minimum atomic E-state index is 0.103. The van der Waals surface area contributed by atoms with Gasteiger partial charge in [0.15, 0.2) is 0 Å². The van der Waals surface area contributed by atoms with Crippen molar-refractivity contribution in [3.8, 4) is 10.6 Å². The van der Waals surface area contributed by atoms with Crippen LogP contribution in [0.4, 0.5) is 0 Å². The number of pyridine rings is 1. The number of amidine groups is 1. The molecule has 0 fully saturated rings. The highest BCUT2D eigenvalue weighted by Crippen LogP contribution is 2.28. The van der Waals surface area contributed by atoms with Crippen molar-refractivity contribution in [2.24, 2.45) is 5.73 Å². The fraction of sp³-hybridized carbons (Fsp3) is 0.250. The lowest BCUT2D eigenvalue weighted by Crippen LogP contribution is -2.11. The van der Waals surface area contributed by atoms with Gasteiger partial charge in [-0.25, -0.2) is 4.98 Å². The highest BCUT2D eigenvalue weighted by molar-refractivity contribution is 7.17. The zero-order valence-corrected chi connectivity index (χ0v) is 10.4. The number of thiazole rings is 1. The molecule has 5 heteroatoms. The van der Waals surface area contributed by atoms with Gasteiger partial charge in [-0.15, -0.1) is 11.3 Å². The monoisotopic (exact) mass is 246 g/mol. The molecule has 0 unspecified atom stereocenters. The normalized spacial score (nSPS) is 10.4. The van der Waals surface area contributed by atoms with E-state index in [9.17, 15) is 0 Å². The predicted octanol–water partition coefficient (Wildman–Crippen LogP) is 2.44. The minimum absolute atomic E-state index is 0.103. The molecule has 2 aromatic heterocycles. The Morgan fingerprint density at radius 2 is 2.12 bits per heavy atom. The van der Waals surface area contributed by atoms with Gasteiger partial charge < -0.3 is 5.73 Å². The molecule has 0 aromatic carbocycles. The van der Waals surface area contributed by atoms with Crippen LogP contribution in [0, 0.1) is 5.41 Å². The Bertz CT molecular complexity index is 519. The predicted molar refractivity (Wildman–Crippen MR) is 70.4 cm³/mol. The van der Waals surface area contributed by atoms with E-state index in [1.807, 2.05) is 12.1 Å². The number of hydrogen-bond donors (Lipinski definition) is 2. The molecular weight excluding hydrogens is 232 g/mol. The highest BCUT2D eigenvalue weighted by atomic mass is 32.1. The van der Waals surface area contributed by atoms with Crippen LogP contribution in [0.25, 0.3) is 10.6 Å². The molecule has 88 valence electrons. The van der Waals surface area contributed by atoms with E-state index in [2.05, 4.69) is 16.9 Å². The van der Waals surface area contributed by atoms with Crippen molar-refractivity contribution in [2.45, 2.75) is 19.8 Å². The van der Waals surface area contributed by atoms with Crippen LogP contribution in [-0.4, -0.2) is 15.8 Å². The van der Waals surface area contributed by atoms with E-state index in [1.54, 1.807) is 12.4 Å². The fourth-order valence-corrected chi connectivity index (χ4v) is 2.56. The number of aryl methyl sites for hydroxylation is 1. The number of aromatic nitrogens is 2. The van der Waals surface area contributed by atoms with Crippen molar-refractivity contribution in [3.05, 3.63) is 35.1 Å². The highest BCUT2D eigenvalue weighted by Gasteiger charge is 2.13. The van der Waals surface area contributed by atoms with Gasteiger partial charge >= 0.3 is 0 Å². The molecule has 0 atom stereocenters. The third kappa shape index (κ3) is 2.50. The largest absolute Gasteiger partial charge is 0.383 e. The number of nitrogens with one attached hydrogen (secondary N) is 1. The summed E-state index contributed by atoms with van der Waals surface area (Å²) in [6.07, 6.45) is 5.34. The summed E-state index contributed by atoms with van der Waals surface area (Å²) in [5.74, 6) is 0.103. The summed E-state index contributed by atoms with van der Waals surface area (Å²) in [6.45, 7) is 2.09. The van der Waals surface area contributed by atoms with E-state index in [0.717, 1.165) is 34.0 Å². The van der Waals surface area contributed by atoms with E-state index >= 15 is 0 Å². The Kier molecular flexibility index (Phi) is 3.49. The quantitative estimate of drug-likeness (QED) is 0.642. The Morgan fingerprint density at radius 3 is 2.71 bits per heavy atom. The van der Waals surface area contributed by atoms with E-state index in [0.29, 0.717) is 0 Å². The lowest BCUT2D eigenvalue weighted by atomic mass is 10.2. The van der Waals surface area contributed by atoms with Crippen molar-refractivity contribution in [1.82, 2.24) is 9.97 Å². The van der Waals surface area contributed by atoms with E-state index < -0.39 is 0 Å². The molecule has 0 saturated carbocycles. The summed E-state index contributed by atoms with van der Waals surface area (Å²) in [7, 11) is 0. The van der Waals surface area contributed by atoms with Crippen LogP contribution in [0.1, 0.15) is 23.9 Å². The first-order valence-electron chi connectivity index (χ1n) is 5.47. The molecule has 2 aromatic rings. The topological polar surface area (TPSA) is 75.7 Å². The van der Waals surface area contributed by atoms with Crippen LogP contribution in [-0.2, 0) is 6.42 Å². The Hall–Kier alpha value is -1.75. The van der Waals surface area contributed by atoms with Gasteiger partial charge in [0.2, 0.25) is 0 Å². The van der Waals surface area contributed by atoms with Crippen LogP contribution < -0.4 is 5.73 Å². The second-order valence-electron chi connectivity index (χ2n) is 3.69. The van der Waals surface area contributed by atoms with Crippen molar-refractivity contribution in [3.63, 3.8) is 0 Å². The maximum atomic E-state index is 7.57. The van der Waals surface area contributed by atoms with Crippen LogP contribution in [0.5, 0.6) is 0 Å². The molecule has 0 radical (unpaired) electrons. The van der Waals surface area contributed by atoms with Gasteiger partial charge in [0.25, 0.3) is 0 Å². The average molecular weight is 246 g/mol. The molecule has 0 aliphatic carbocycles. The first-order chi connectivity index (χ1) is 8.22. The van der Waals surface area contributed by atoms with Crippen molar-refractivity contribution < 1.29 is 0 Å². The summed E-state index contributed by atoms with van der Waals surface area (Å²) in [5, 5.41) is 8.47. The van der Waals surface area contributed by atoms with Gasteiger partial charge in [0.1, 0.15) is 10.8 Å². The van der Waals surface area contributed by atoms with Crippen molar-refractivity contribution in [2.75, 3.05) is 0 Å². The zero-order valence-electron chi connectivity index (χ0n) is 9.60. The SMILES string of the molecule is CCCc1nc(-c2ccncc2)sc1C(=N)N. The molecule has 17 heavy (non-hydrogen) atoms. The van der Waals surface area contributed by atoms with Crippen LogP contribution in [0.3, 0.4) is 0 Å². The summed E-state index contributed by atoms with van der Waals surface area (Å²) < 4.78 is 0. The van der Waals surface area contributed by atoms with Gasteiger partial charge in [-0.05, 0) is 18.6 Å². The summed E-state index contributed by atoms with van der Waals surface area (Å²) in [4.78, 5) is 9.33. The lowest BCUT2D eigenvalue weighted by molar-refractivity contribution is 0.891. The third-order valence-corrected chi connectivity index (χ3v) is 3.54. The summed E-state index contributed by atoms with van der Waals surface area (Å²) in [5.41, 5.74) is 7.53. The Morgan fingerprint density at radius 1 is 1.41 bits per heavy atom. The maximum Gasteiger partial charge on any atom is 0.135 e. The molecular formula is C12H14N4S. The van der Waals surface area contributed by atoms with Gasteiger partial charge in [0, 0.05) is 18.0 Å². The molecule has 0 amide bonds. The summed E-state index contributed by atoms with van der Waals surface area (Å²) in [6, 6.07) is 3.83. The second-order valence-corrected chi connectivity index (χ2v) is 4.69. The molecule has 0 spiro atoms. The number of nitrogens with zero attached hydrogens (tertiary/aromatic N) is 2. The standard InChI is InChI=1S/C12H14N4S/c1-2-3-9-10(11(13)14)17-12(16-9)8-4-6-15-7-5-8/h4-7H,2-3H2,1H3,(H3,13,14). The first kappa shape index (κ1) is 11.7. The molecule has 2 rings (SSSR count). The van der Waals surface area contributed by atoms with Gasteiger partial charge in [-0.2, -0.15) is 0 Å². The molecule has 0 aliphatic heterocycles. The van der Waals surface area contributed by atoms with Crippen molar-refractivity contribution >= 4 is 17.2 Å². The van der Waals surface area contributed by atoms with E-state index in [-0.39, 0.29) is 5.84 Å². The molecule has 4 nitrogen and oxygen atoms in total. The van der Waals surface area contributed by atoms with Crippen LogP contribution >= 0.6 is 11.3 Å². The fourth-order valence-electron chi connectivity index (χ4n) is 1.59. The molecule has 0 saturated heterocycles. The Labute approximate surface area is 104 Å². The number of nitrogen functional groups attached to an aromatic ring is 1. The van der Waals surface area contributed by atoms with E-state index in [1.165, 1.54) is 11.3 Å². The minimum Gasteiger partial charge on any atom is -0.383 e. The third-order valence-electron chi connectivity index (χ3n) is 2.36. The first-order valence-corrected chi connectivity index (χ1v) is 6.28. The number of rotatable bonds is 4. The molecule has 3 N–H and O–H groups in total. The molecule has 0 bridgehead atoms. The Balaban J connectivity index is 2.44. The number of hydrogen-bond acceptors (Lipinski definition) is 4. The van der Waals surface area contributed by atoms with Gasteiger partial charge in [0.05, 0.1) is 10.6 Å².